The lowest BCUT2D eigenvalue weighted by Crippen LogP contribution is -2.21. The first kappa shape index (κ1) is 18.9. The smallest absolute Gasteiger partial charge is 0.261 e. The molecule has 1 aliphatic rings. The monoisotopic (exact) mass is 411 g/mol. The second-order valence-electron chi connectivity index (χ2n) is 7.35. The normalized spacial score (nSPS) is 14.2. The molecule has 0 radical (unpaired) electrons. The maximum absolute atomic E-state index is 12.8. The zero-order valence-electron chi connectivity index (χ0n) is 16.0. The molecule has 0 saturated carbocycles. The summed E-state index contributed by atoms with van der Waals surface area (Å²) < 4.78 is 25.5. The summed E-state index contributed by atoms with van der Waals surface area (Å²) in [5.41, 5.74) is 5.51. The minimum absolute atomic E-state index is 0.0556. The van der Waals surface area contributed by atoms with Crippen molar-refractivity contribution in [1.29, 1.82) is 0 Å². The quantitative estimate of drug-likeness (QED) is 0.687. The van der Waals surface area contributed by atoms with E-state index in [4.69, 9.17) is 0 Å². The van der Waals surface area contributed by atoms with E-state index < -0.39 is 9.84 Å². The SMILES string of the molecule is Cc1ccc(CNC(=O)c2cc3c(s2)-c2c(C)cc(C)cc2S(=O)(=O)C3)cc1. The van der Waals surface area contributed by atoms with Gasteiger partial charge in [-0.3, -0.25) is 4.79 Å². The molecule has 4 rings (SSSR count). The molecule has 4 nitrogen and oxygen atoms in total. The average molecular weight is 412 g/mol. The molecule has 0 unspecified atom stereocenters. The van der Waals surface area contributed by atoms with Crippen LogP contribution >= 0.6 is 11.3 Å². The van der Waals surface area contributed by atoms with Crippen LogP contribution in [0.3, 0.4) is 0 Å². The molecular formula is C22H21NO3S2. The number of amides is 1. The molecule has 144 valence electrons. The molecule has 1 aromatic heterocycles. The first-order valence-corrected chi connectivity index (χ1v) is 11.5. The van der Waals surface area contributed by atoms with Crippen LogP contribution in [0.2, 0.25) is 0 Å². The van der Waals surface area contributed by atoms with Gasteiger partial charge in [-0.25, -0.2) is 8.42 Å². The molecule has 1 amide bonds. The Bertz CT molecular complexity index is 1190. The number of nitrogens with one attached hydrogen (secondary N) is 1. The van der Waals surface area contributed by atoms with Gasteiger partial charge in [0, 0.05) is 17.0 Å². The maximum Gasteiger partial charge on any atom is 0.261 e. The molecule has 1 N–H and O–H groups in total. The van der Waals surface area contributed by atoms with Gasteiger partial charge in [-0.1, -0.05) is 35.9 Å². The maximum atomic E-state index is 12.8. The van der Waals surface area contributed by atoms with Crippen LogP contribution in [0.25, 0.3) is 10.4 Å². The van der Waals surface area contributed by atoms with Crippen LogP contribution in [0.1, 0.15) is 37.5 Å². The van der Waals surface area contributed by atoms with Gasteiger partial charge >= 0.3 is 0 Å². The van der Waals surface area contributed by atoms with Crippen LogP contribution in [0, 0.1) is 20.8 Å². The Morgan fingerprint density at radius 3 is 2.46 bits per heavy atom. The number of hydrogen-bond acceptors (Lipinski definition) is 4. The third-order valence-electron chi connectivity index (χ3n) is 4.96. The van der Waals surface area contributed by atoms with E-state index in [1.54, 1.807) is 12.1 Å². The zero-order chi connectivity index (χ0) is 20.1. The number of carbonyl (C=O) groups excluding carboxylic acids is 1. The molecule has 6 heteroatoms. The number of thiophene rings is 1. The number of aryl methyl sites for hydroxylation is 3. The Morgan fingerprint density at radius 1 is 1.04 bits per heavy atom. The van der Waals surface area contributed by atoms with Crippen molar-refractivity contribution in [2.45, 2.75) is 38.0 Å². The molecular weight excluding hydrogens is 390 g/mol. The predicted octanol–water partition coefficient (Wildman–Crippen LogP) is 4.56. The number of fused-ring (bicyclic) bond motifs is 3. The van der Waals surface area contributed by atoms with Gasteiger partial charge in [0.25, 0.3) is 5.91 Å². The van der Waals surface area contributed by atoms with E-state index in [1.807, 2.05) is 51.1 Å². The Balaban J connectivity index is 1.66. The van der Waals surface area contributed by atoms with E-state index in [0.717, 1.165) is 27.1 Å². The molecule has 28 heavy (non-hydrogen) atoms. The lowest BCUT2D eigenvalue weighted by molar-refractivity contribution is 0.0955. The number of carbonyl (C=O) groups is 1. The van der Waals surface area contributed by atoms with Crippen molar-refractivity contribution >= 4 is 27.1 Å². The Kier molecular flexibility index (Phi) is 4.63. The second-order valence-corrected chi connectivity index (χ2v) is 10.4. The summed E-state index contributed by atoms with van der Waals surface area (Å²) in [5, 5.41) is 2.93. The average Bonchev–Trinajstić information content (AvgIpc) is 3.03. The topological polar surface area (TPSA) is 63.2 Å². The summed E-state index contributed by atoms with van der Waals surface area (Å²) in [4.78, 5) is 14.5. The van der Waals surface area contributed by atoms with Crippen LogP contribution in [0.4, 0.5) is 0 Å². The second kappa shape index (κ2) is 6.87. The zero-order valence-corrected chi connectivity index (χ0v) is 17.6. The summed E-state index contributed by atoms with van der Waals surface area (Å²) >= 11 is 1.37. The van der Waals surface area contributed by atoms with Gasteiger partial charge in [0.05, 0.1) is 15.5 Å². The largest absolute Gasteiger partial charge is 0.347 e. The first-order chi connectivity index (χ1) is 13.2. The van der Waals surface area contributed by atoms with Crippen molar-refractivity contribution in [2.75, 3.05) is 0 Å². The Morgan fingerprint density at radius 2 is 1.75 bits per heavy atom. The van der Waals surface area contributed by atoms with Crippen molar-refractivity contribution in [3.8, 4) is 10.4 Å². The molecule has 0 fully saturated rings. The van der Waals surface area contributed by atoms with Gasteiger partial charge in [0.2, 0.25) is 0 Å². The molecule has 0 saturated heterocycles. The molecule has 0 bridgehead atoms. The van der Waals surface area contributed by atoms with Crippen LogP contribution in [-0.2, 0) is 22.1 Å². The number of rotatable bonds is 3. The standard InChI is InChI=1S/C22H21NO3S2/c1-13-4-6-16(7-5-13)11-23-22(24)18-10-17-12-28(25,26)19-9-14(2)8-15(3)20(19)21(17)27-18/h4-10H,11-12H2,1-3H3,(H,23,24). The van der Waals surface area contributed by atoms with E-state index >= 15 is 0 Å². The summed E-state index contributed by atoms with van der Waals surface area (Å²) in [5.74, 6) is -0.233. The number of benzene rings is 2. The van der Waals surface area contributed by atoms with Gasteiger partial charge in [0.1, 0.15) is 0 Å². The first-order valence-electron chi connectivity index (χ1n) is 9.05. The van der Waals surface area contributed by atoms with Gasteiger partial charge in [0.15, 0.2) is 9.84 Å². The van der Waals surface area contributed by atoms with Crippen LogP contribution in [0.15, 0.2) is 47.4 Å². The molecule has 2 aromatic carbocycles. The van der Waals surface area contributed by atoms with Crippen molar-refractivity contribution < 1.29 is 13.2 Å². The highest BCUT2D eigenvalue weighted by molar-refractivity contribution is 7.91. The molecule has 3 aromatic rings. The molecule has 0 spiro atoms. The highest BCUT2D eigenvalue weighted by Gasteiger charge is 2.32. The van der Waals surface area contributed by atoms with Crippen molar-refractivity contribution in [2.24, 2.45) is 0 Å². The van der Waals surface area contributed by atoms with Crippen LogP contribution in [-0.4, -0.2) is 14.3 Å². The molecule has 0 aliphatic carbocycles. The minimum atomic E-state index is -3.40. The third kappa shape index (κ3) is 3.38. The molecule has 1 aliphatic heterocycles. The number of hydrogen-bond donors (Lipinski definition) is 1. The molecule has 2 heterocycles. The highest BCUT2D eigenvalue weighted by atomic mass is 32.2. The fourth-order valence-corrected chi connectivity index (χ4v) is 6.69. The fraction of sp³-hybridized carbons (Fsp3) is 0.227. The van der Waals surface area contributed by atoms with Gasteiger partial charge < -0.3 is 5.32 Å². The van der Waals surface area contributed by atoms with Gasteiger partial charge in [-0.15, -0.1) is 11.3 Å². The highest BCUT2D eigenvalue weighted by Crippen LogP contribution is 2.44. The summed E-state index contributed by atoms with van der Waals surface area (Å²) in [6, 6.07) is 13.4. The Hall–Kier alpha value is -2.44. The van der Waals surface area contributed by atoms with Crippen molar-refractivity contribution in [3.63, 3.8) is 0 Å². The Labute approximate surface area is 169 Å². The van der Waals surface area contributed by atoms with Crippen LogP contribution in [0.5, 0.6) is 0 Å². The number of sulfone groups is 1. The lowest BCUT2D eigenvalue weighted by atomic mass is 10.0. The van der Waals surface area contributed by atoms with Crippen molar-refractivity contribution in [3.05, 3.63) is 75.2 Å². The van der Waals surface area contributed by atoms with Crippen molar-refractivity contribution in [1.82, 2.24) is 5.32 Å². The summed E-state index contributed by atoms with van der Waals surface area (Å²) in [7, 11) is -3.40. The predicted molar refractivity (Wildman–Crippen MR) is 112 cm³/mol. The fourth-order valence-electron chi connectivity index (χ4n) is 3.58. The van der Waals surface area contributed by atoms with E-state index in [0.29, 0.717) is 21.9 Å². The van der Waals surface area contributed by atoms with E-state index in [2.05, 4.69) is 5.32 Å². The van der Waals surface area contributed by atoms with E-state index in [-0.39, 0.29) is 11.7 Å². The minimum Gasteiger partial charge on any atom is -0.347 e. The van der Waals surface area contributed by atoms with E-state index in [9.17, 15) is 13.2 Å². The van der Waals surface area contributed by atoms with Gasteiger partial charge in [-0.2, -0.15) is 0 Å². The lowest BCUT2D eigenvalue weighted by Gasteiger charge is -2.19. The van der Waals surface area contributed by atoms with Gasteiger partial charge in [-0.05, 0) is 55.2 Å². The van der Waals surface area contributed by atoms with Crippen LogP contribution < -0.4 is 5.32 Å². The van der Waals surface area contributed by atoms with E-state index in [1.165, 1.54) is 16.9 Å². The molecule has 0 atom stereocenters. The summed E-state index contributed by atoms with van der Waals surface area (Å²) in [6.07, 6.45) is 0. The third-order valence-corrected chi connectivity index (χ3v) is 7.83. The summed E-state index contributed by atoms with van der Waals surface area (Å²) in [6.45, 7) is 6.28.